The van der Waals surface area contributed by atoms with E-state index in [0.717, 1.165) is 0 Å². The van der Waals surface area contributed by atoms with Crippen LogP contribution in [0.1, 0.15) is 17.2 Å². The van der Waals surface area contributed by atoms with E-state index in [4.69, 9.17) is 4.74 Å². The maximum atomic E-state index is 12.4. The number of carbonyl (C=O) groups is 2. The minimum Gasteiger partial charge on any atom is -0.451 e. The number of ether oxygens (including phenoxy) is 1. The molecule has 1 fully saturated rings. The molecule has 0 amide bonds. The first-order valence-corrected chi connectivity index (χ1v) is 6.81. The van der Waals surface area contributed by atoms with E-state index in [1.54, 1.807) is 60.7 Å². The first kappa shape index (κ1) is 14.4. The van der Waals surface area contributed by atoms with Crippen molar-refractivity contribution in [2.75, 3.05) is 0 Å². The molecule has 2 N–H and O–H groups in total. The number of rotatable bonds is 2. The first-order chi connectivity index (χ1) is 10.5. The van der Waals surface area contributed by atoms with E-state index in [9.17, 15) is 19.8 Å². The molecule has 2 aromatic carbocycles. The highest BCUT2D eigenvalue weighted by Crippen LogP contribution is 2.42. The number of Topliss-reactive ketones (excluding diaryl/α,β-unsaturated/α-hetero) is 1. The van der Waals surface area contributed by atoms with Crippen LogP contribution in [0.3, 0.4) is 0 Å². The molecule has 0 aromatic heterocycles. The first-order valence-electron chi connectivity index (χ1n) is 6.81. The maximum absolute atomic E-state index is 12.4. The fraction of sp³-hybridized carbons (Fsp3) is 0.176. The summed E-state index contributed by atoms with van der Waals surface area (Å²) in [5, 5.41) is 20.7. The molecule has 0 bridgehead atoms. The normalized spacial score (nSPS) is 28.3. The predicted molar refractivity (Wildman–Crippen MR) is 76.6 cm³/mol. The minimum atomic E-state index is -2.13. The van der Waals surface area contributed by atoms with Crippen molar-refractivity contribution >= 4 is 11.8 Å². The lowest BCUT2D eigenvalue weighted by atomic mass is 9.77. The van der Waals surface area contributed by atoms with Gasteiger partial charge in [0.2, 0.25) is 11.9 Å². The fourth-order valence-corrected chi connectivity index (χ4v) is 2.63. The molecule has 1 saturated heterocycles. The fourth-order valence-electron chi connectivity index (χ4n) is 2.63. The molecule has 0 spiro atoms. The summed E-state index contributed by atoms with van der Waals surface area (Å²) in [6.07, 6.45) is -3.20. The molecule has 1 heterocycles. The summed E-state index contributed by atoms with van der Waals surface area (Å²) >= 11 is 0. The van der Waals surface area contributed by atoms with Gasteiger partial charge in [-0.1, -0.05) is 60.7 Å². The van der Waals surface area contributed by atoms with Gasteiger partial charge in [-0.15, -0.1) is 0 Å². The predicted octanol–water partition coefficient (Wildman–Crippen LogP) is 1.10. The van der Waals surface area contributed by atoms with Gasteiger partial charge in [0.1, 0.15) is 0 Å². The summed E-state index contributed by atoms with van der Waals surface area (Å²) in [7, 11) is 0. The van der Waals surface area contributed by atoms with Crippen molar-refractivity contribution in [3.05, 3.63) is 71.8 Å². The summed E-state index contributed by atoms with van der Waals surface area (Å²) < 4.78 is 5.17. The molecule has 0 aliphatic carbocycles. The Morgan fingerprint density at radius 3 is 2.05 bits per heavy atom. The average Bonchev–Trinajstić information content (AvgIpc) is 2.58. The summed E-state index contributed by atoms with van der Waals surface area (Å²) in [5.74, 6) is -2.04. The van der Waals surface area contributed by atoms with Crippen molar-refractivity contribution in [2.24, 2.45) is 0 Å². The topological polar surface area (TPSA) is 83.8 Å². The van der Waals surface area contributed by atoms with Gasteiger partial charge >= 0.3 is 5.97 Å². The Morgan fingerprint density at radius 1 is 0.909 bits per heavy atom. The quantitative estimate of drug-likeness (QED) is 0.641. The Morgan fingerprint density at radius 2 is 1.45 bits per heavy atom. The van der Waals surface area contributed by atoms with Gasteiger partial charge in [0, 0.05) is 0 Å². The van der Waals surface area contributed by atoms with Crippen LogP contribution in [0.5, 0.6) is 0 Å². The molecule has 1 aliphatic heterocycles. The second-order valence-corrected chi connectivity index (χ2v) is 5.13. The molecule has 5 heteroatoms. The molecule has 3 rings (SSSR count). The number of carbonyl (C=O) groups excluding carboxylic acids is 2. The number of esters is 1. The molecule has 22 heavy (non-hydrogen) atoms. The van der Waals surface area contributed by atoms with Crippen molar-refractivity contribution in [2.45, 2.75) is 17.8 Å². The second-order valence-electron chi connectivity index (χ2n) is 5.13. The smallest absolute Gasteiger partial charge is 0.343 e. The lowest BCUT2D eigenvalue weighted by Crippen LogP contribution is -2.56. The highest BCUT2D eigenvalue weighted by molar-refractivity contribution is 6.08. The molecule has 1 aliphatic rings. The van der Waals surface area contributed by atoms with Crippen LogP contribution in [-0.4, -0.2) is 28.1 Å². The van der Waals surface area contributed by atoms with E-state index < -0.39 is 29.6 Å². The van der Waals surface area contributed by atoms with E-state index in [-0.39, 0.29) is 5.56 Å². The van der Waals surface area contributed by atoms with E-state index in [2.05, 4.69) is 0 Å². The second kappa shape index (κ2) is 5.36. The number of hydrogen-bond acceptors (Lipinski definition) is 5. The third kappa shape index (κ3) is 2.11. The van der Waals surface area contributed by atoms with Crippen molar-refractivity contribution in [3.8, 4) is 0 Å². The molecular weight excluding hydrogens is 284 g/mol. The lowest BCUT2D eigenvalue weighted by Gasteiger charge is -2.39. The Kier molecular flexibility index (Phi) is 3.52. The van der Waals surface area contributed by atoms with Gasteiger partial charge in [-0.25, -0.2) is 4.79 Å². The summed E-state index contributed by atoms with van der Waals surface area (Å²) in [6.45, 7) is 0. The largest absolute Gasteiger partial charge is 0.451 e. The third-order valence-electron chi connectivity index (χ3n) is 3.78. The number of cyclic esters (lactones) is 1. The van der Waals surface area contributed by atoms with Crippen LogP contribution < -0.4 is 0 Å². The number of ketones is 1. The molecule has 5 nitrogen and oxygen atoms in total. The lowest BCUT2D eigenvalue weighted by molar-refractivity contribution is -0.202. The monoisotopic (exact) mass is 298 g/mol. The van der Waals surface area contributed by atoms with Gasteiger partial charge < -0.3 is 14.9 Å². The van der Waals surface area contributed by atoms with Crippen LogP contribution in [0.25, 0.3) is 0 Å². The SMILES string of the molecule is O=C1OC(c2ccccc2)C(O)(c2ccccc2)C(=O)C1O. The standard InChI is InChI=1S/C17H14O5/c18-13-14(19)17(21,12-9-5-2-6-10-12)15(22-16(13)20)11-7-3-1-4-8-11/h1-10,13,15,18,21H. The van der Waals surface area contributed by atoms with Crippen LogP contribution in [0.4, 0.5) is 0 Å². The maximum Gasteiger partial charge on any atom is 0.343 e. The van der Waals surface area contributed by atoms with Crippen molar-refractivity contribution in [1.82, 2.24) is 0 Å². The van der Waals surface area contributed by atoms with Gasteiger partial charge in [0.05, 0.1) is 0 Å². The highest BCUT2D eigenvalue weighted by atomic mass is 16.6. The molecule has 0 saturated carbocycles. The Hall–Kier alpha value is -2.50. The summed E-state index contributed by atoms with van der Waals surface area (Å²) in [4.78, 5) is 24.1. The van der Waals surface area contributed by atoms with Crippen LogP contribution in [0, 0.1) is 0 Å². The zero-order chi connectivity index (χ0) is 15.7. The number of hydrogen-bond donors (Lipinski definition) is 2. The molecule has 3 unspecified atom stereocenters. The highest BCUT2D eigenvalue weighted by Gasteiger charge is 2.56. The summed E-state index contributed by atoms with van der Waals surface area (Å²) in [5.41, 5.74) is -1.39. The van der Waals surface area contributed by atoms with Crippen molar-refractivity contribution in [3.63, 3.8) is 0 Å². The molecule has 3 atom stereocenters. The van der Waals surface area contributed by atoms with Gasteiger partial charge in [0.25, 0.3) is 0 Å². The van der Waals surface area contributed by atoms with Crippen LogP contribution in [0.2, 0.25) is 0 Å². The number of aliphatic hydroxyl groups is 2. The van der Waals surface area contributed by atoms with E-state index >= 15 is 0 Å². The van der Waals surface area contributed by atoms with E-state index in [1.165, 1.54) is 0 Å². The zero-order valence-electron chi connectivity index (χ0n) is 11.5. The van der Waals surface area contributed by atoms with Gasteiger partial charge in [-0.2, -0.15) is 0 Å². The Balaban J connectivity index is 2.17. The number of benzene rings is 2. The van der Waals surface area contributed by atoms with Gasteiger partial charge in [-0.05, 0) is 11.1 Å². The minimum absolute atomic E-state index is 0.264. The molecular formula is C17H14O5. The van der Waals surface area contributed by atoms with Gasteiger partial charge in [0.15, 0.2) is 11.7 Å². The Labute approximate surface area is 126 Å². The van der Waals surface area contributed by atoms with Crippen LogP contribution >= 0.6 is 0 Å². The van der Waals surface area contributed by atoms with Crippen LogP contribution in [-0.2, 0) is 19.9 Å². The zero-order valence-corrected chi connectivity index (χ0v) is 11.5. The number of aliphatic hydroxyl groups excluding tert-OH is 1. The van der Waals surface area contributed by atoms with Crippen molar-refractivity contribution in [1.29, 1.82) is 0 Å². The van der Waals surface area contributed by atoms with E-state index in [0.29, 0.717) is 5.56 Å². The van der Waals surface area contributed by atoms with Gasteiger partial charge in [-0.3, -0.25) is 4.79 Å². The Bertz CT molecular complexity index is 698. The molecule has 2 aromatic rings. The summed E-state index contributed by atoms with van der Waals surface area (Å²) in [6, 6.07) is 16.7. The van der Waals surface area contributed by atoms with Crippen molar-refractivity contribution < 1.29 is 24.5 Å². The van der Waals surface area contributed by atoms with E-state index in [1.807, 2.05) is 0 Å². The average molecular weight is 298 g/mol. The molecule has 0 radical (unpaired) electrons. The third-order valence-corrected chi connectivity index (χ3v) is 3.78. The van der Waals surface area contributed by atoms with Crippen LogP contribution in [0.15, 0.2) is 60.7 Å². The molecule has 112 valence electrons.